The van der Waals surface area contributed by atoms with Gasteiger partial charge in [0.15, 0.2) is 5.76 Å². The molecule has 0 radical (unpaired) electrons. The maximum Gasteiger partial charge on any atom is 0.294 e. The Kier molecular flexibility index (Phi) is 4.90. The highest BCUT2D eigenvalue weighted by Gasteiger charge is 2.15. The molecule has 0 bridgehead atoms. The molecule has 0 aliphatic rings. The molecule has 2 N–H and O–H groups in total. The summed E-state index contributed by atoms with van der Waals surface area (Å²) in [6.07, 6.45) is 1.41. The fourth-order valence-electron chi connectivity index (χ4n) is 2.60. The number of carbonyl (C=O) groups excluding carboxylic acids is 2. The monoisotopic (exact) mass is 391 g/mol. The van der Waals surface area contributed by atoms with Gasteiger partial charge in [0.05, 0.1) is 6.26 Å². The topological polar surface area (TPSA) is 97.4 Å². The molecule has 8 heteroatoms. The second-order valence-corrected chi connectivity index (χ2v) is 6.05. The highest BCUT2D eigenvalue weighted by molar-refractivity contribution is 6.04. The van der Waals surface area contributed by atoms with Crippen LogP contribution in [-0.4, -0.2) is 17.0 Å². The van der Waals surface area contributed by atoms with E-state index in [1.54, 1.807) is 48.5 Å². The van der Waals surface area contributed by atoms with E-state index in [1.807, 2.05) is 0 Å². The molecule has 2 aromatic carbocycles. The quantitative estimate of drug-likeness (QED) is 0.519. The molecule has 0 unspecified atom stereocenters. The van der Waals surface area contributed by atoms with Crippen molar-refractivity contribution >= 4 is 23.2 Å². The van der Waals surface area contributed by atoms with E-state index in [-0.39, 0.29) is 17.4 Å². The Morgan fingerprint density at radius 3 is 2.14 bits per heavy atom. The highest BCUT2D eigenvalue weighted by atomic mass is 19.1. The Hall–Kier alpha value is -4.20. The number of furan rings is 1. The fraction of sp³-hybridized carbons (Fsp3) is 0. The molecule has 0 aliphatic heterocycles. The van der Waals surface area contributed by atoms with Crippen LogP contribution in [0.25, 0.3) is 11.3 Å². The van der Waals surface area contributed by atoms with Crippen molar-refractivity contribution in [2.45, 2.75) is 0 Å². The number of aromatic nitrogens is 1. The number of hydrogen-bond donors (Lipinski definition) is 2. The van der Waals surface area contributed by atoms with Crippen molar-refractivity contribution in [1.29, 1.82) is 0 Å². The van der Waals surface area contributed by atoms with Gasteiger partial charge >= 0.3 is 0 Å². The standard InChI is InChI=1S/C21H14FN3O4/c22-14-4-1-3-13(11-14)17-12-19(29-25-17)21(27)24-16-8-6-15(7-9-16)23-20(26)18-5-2-10-28-18/h1-12H,(H,23,26)(H,24,27). The van der Waals surface area contributed by atoms with Gasteiger partial charge in [-0.1, -0.05) is 17.3 Å². The largest absolute Gasteiger partial charge is 0.459 e. The second kappa shape index (κ2) is 7.81. The van der Waals surface area contributed by atoms with E-state index in [0.717, 1.165) is 0 Å². The van der Waals surface area contributed by atoms with E-state index in [2.05, 4.69) is 15.8 Å². The molecule has 4 rings (SSSR count). The third-order valence-corrected chi connectivity index (χ3v) is 4.00. The lowest BCUT2D eigenvalue weighted by atomic mass is 10.1. The van der Waals surface area contributed by atoms with E-state index in [9.17, 15) is 14.0 Å². The van der Waals surface area contributed by atoms with Crippen LogP contribution in [0.5, 0.6) is 0 Å². The minimum Gasteiger partial charge on any atom is -0.459 e. The van der Waals surface area contributed by atoms with Gasteiger partial charge in [0.2, 0.25) is 5.76 Å². The van der Waals surface area contributed by atoms with Gasteiger partial charge in [0.25, 0.3) is 11.8 Å². The number of amides is 2. The van der Waals surface area contributed by atoms with Crippen LogP contribution in [0.15, 0.2) is 81.9 Å². The molecule has 0 aliphatic carbocycles. The predicted molar refractivity (Wildman–Crippen MR) is 103 cm³/mol. The molecule has 144 valence electrons. The number of benzene rings is 2. The lowest BCUT2D eigenvalue weighted by Gasteiger charge is -2.06. The lowest BCUT2D eigenvalue weighted by Crippen LogP contribution is -2.12. The maximum atomic E-state index is 13.3. The van der Waals surface area contributed by atoms with Crippen LogP contribution >= 0.6 is 0 Å². The maximum absolute atomic E-state index is 13.3. The van der Waals surface area contributed by atoms with Crippen molar-refractivity contribution in [3.05, 3.63) is 90.3 Å². The predicted octanol–water partition coefficient (Wildman–Crippen LogP) is 4.58. The molecule has 4 aromatic rings. The average Bonchev–Trinajstić information content (AvgIpc) is 3.42. The Balaban J connectivity index is 1.40. The SMILES string of the molecule is O=C(Nc1ccc(NC(=O)c2cc(-c3cccc(F)c3)no2)cc1)c1ccco1. The van der Waals surface area contributed by atoms with E-state index in [4.69, 9.17) is 8.94 Å². The second-order valence-electron chi connectivity index (χ2n) is 6.05. The van der Waals surface area contributed by atoms with Crippen molar-refractivity contribution in [2.75, 3.05) is 10.6 Å². The van der Waals surface area contributed by atoms with Crippen LogP contribution in [0.4, 0.5) is 15.8 Å². The molecule has 2 heterocycles. The molecule has 2 aromatic heterocycles. The Morgan fingerprint density at radius 1 is 0.828 bits per heavy atom. The lowest BCUT2D eigenvalue weighted by molar-refractivity contribution is 0.0983. The van der Waals surface area contributed by atoms with E-state index in [0.29, 0.717) is 22.6 Å². The Labute approximate surface area is 164 Å². The zero-order chi connectivity index (χ0) is 20.2. The van der Waals surface area contributed by atoms with E-state index < -0.39 is 11.7 Å². The summed E-state index contributed by atoms with van der Waals surface area (Å²) in [7, 11) is 0. The summed E-state index contributed by atoms with van der Waals surface area (Å²) < 4.78 is 23.4. The average molecular weight is 391 g/mol. The Morgan fingerprint density at radius 2 is 1.52 bits per heavy atom. The van der Waals surface area contributed by atoms with Crippen LogP contribution < -0.4 is 10.6 Å². The molecule has 0 saturated carbocycles. The van der Waals surface area contributed by atoms with Crippen molar-refractivity contribution in [1.82, 2.24) is 5.16 Å². The van der Waals surface area contributed by atoms with Crippen molar-refractivity contribution in [3.8, 4) is 11.3 Å². The zero-order valence-electron chi connectivity index (χ0n) is 14.9. The van der Waals surface area contributed by atoms with Crippen molar-refractivity contribution < 1.29 is 22.9 Å². The molecule has 0 spiro atoms. The number of anilines is 2. The molecule has 0 atom stereocenters. The van der Waals surface area contributed by atoms with Crippen LogP contribution in [0.3, 0.4) is 0 Å². The fourth-order valence-corrected chi connectivity index (χ4v) is 2.60. The third kappa shape index (κ3) is 4.22. The number of carbonyl (C=O) groups is 2. The van der Waals surface area contributed by atoms with Crippen LogP contribution in [-0.2, 0) is 0 Å². The van der Waals surface area contributed by atoms with E-state index in [1.165, 1.54) is 24.5 Å². The summed E-state index contributed by atoms with van der Waals surface area (Å²) in [4.78, 5) is 24.3. The number of nitrogens with one attached hydrogen (secondary N) is 2. The minimum absolute atomic E-state index is 0.0144. The van der Waals surface area contributed by atoms with Gasteiger partial charge in [0, 0.05) is 23.0 Å². The van der Waals surface area contributed by atoms with Crippen LogP contribution in [0.1, 0.15) is 21.1 Å². The molecule has 0 saturated heterocycles. The molecular formula is C21H14FN3O4. The number of hydrogen-bond acceptors (Lipinski definition) is 5. The number of rotatable bonds is 5. The first-order valence-electron chi connectivity index (χ1n) is 8.57. The van der Waals surface area contributed by atoms with E-state index >= 15 is 0 Å². The van der Waals surface area contributed by atoms with Crippen molar-refractivity contribution in [3.63, 3.8) is 0 Å². The smallest absolute Gasteiger partial charge is 0.294 e. The first-order chi connectivity index (χ1) is 14.1. The summed E-state index contributed by atoms with van der Waals surface area (Å²) in [5.74, 6) is -1.11. The summed E-state index contributed by atoms with van der Waals surface area (Å²) in [5.41, 5.74) is 1.89. The zero-order valence-corrected chi connectivity index (χ0v) is 14.9. The van der Waals surface area contributed by atoms with Crippen molar-refractivity contribution in [2.24, 2.45) is 0 Å². The molecule has 7 nitrogen and oxygen atoms in total. The first-order valence-corrected chi connectivity index (χ1v) is 8.57. The number of nitrogens with zero attached hydrogens (tertiary/aromatic N) is 1. The number of halogens is 1. The normalized spacial score (nSPS) is 10.5. The molecule has 29 heavy (non-hydrogen) atoms. The third-order valence-electron chi connectivity index (χ3n) is 4.00. The highest BCUT2D eigenvalue weighted by Crippen LogP contribution is 2.21. The minimum atomic E-state index is -0.507. The van der Waals surface area contributed by atoms with Gasteiger partial charge in [-0.15, -0.1) is 0 Å². The summed E-state index contributed by atoms with van der Waals surface area (Å²) in [6, 6.07) is 17.0. The Bertz CT molecular complexity index is 1150. The van der Waals surface area contributed by atoms with Crippen LogP contribution in [0.2, 0.25) is 0 Å². The van der Waals surface area contributed by atoms with Gasteiger partial charge in [-0.25, -0.2) is 4.39 Å². The summed E-state index contributed by atoms with van der Waals surface area (Å²) in [6.45, 7) is 0. The molecule has 2 amide bonds. The molecular weight excluding hydrogens is 377 g/mol. The first kappa shape index (κ1) is 18.2. The molecule has 0 fully saturated rings. The van der Waals surface area contributed by atoms with Gasteiger partial charge in [-0.3, -0.25) is 9.59 Å². The van der Waals surface area contributed by atoms with Gasteiger partial charge in [-0.05, 0) is 48.5 Å². The summed E-state index contributed by atoms with van der Waals surface area (Å²) >= 11 is 0. The van der Waals surface area contributed by atoms with Gasteiger partial charge in [-0.2, -0.15) is 0 Å². The van der Waals surface area contributed by atoms with Crippen LogP contribution in [0, 0.1) is 5.82 Å². The summed E-state index contributed by atoms with van der Waals surface area (Å²) in [5, 5.41) is 9.15. The van der Waals surface area contributed by atoms with Gasteiger partial charge in [0.1, 0.15) is 11.5 Å². The van der Waals surface area contributed by atoms with Gasteiger partial charge < -0.3 is 19.6 Å².